The van der Waals surface area contributed by atoms with E-state index in [9.17, 15) is 9.18 Å². The number of nitrogens with two attached hydrogens (primary N) is 1. The number of halogens is 1. The van der Waals surface area contributed by atoms with Crippen LogP contribution in [0.15, 0.2) is 24.3 Å². The Bertz CT molecular complexity index is 485. The van der Waals surface area contributed by atoms with Gasteiger partial charge in [-0.15, -0.1) is 0 Å². The third-order valence-electron chi connectivity index (χ3n) is 4.81. The highest BCUT2D eigenvalue weighted by molar-refractivity contribution is 5.95. The van der Waals surface area contributed by atoms with Crippen LogP contribution >= 0.6 is 0 Å². The highest BCUT2D eigenvalue weighted by Crippen LogP contribution is 2.48. The third-order valence-corrected chi connectivity index (χ3v) is 4.81. The lowest BCUT2D eigenvalue weighted by Gasteiger charge is -2.30. The molecule has 3 nitrogen and oxygen atoms in total. The van der Waals surface area contributed by atoms with Crippen molar-refractivity contribution >= 4 is 11.6 Å². The molecule has 2 bridgehead atoms. The van der Waals surface area contributed by atoms with Crippen molar-refractivity contribution in [3.63, 3.8) is 0 Å². The van der Waals surface area contributed by atoms with Gasteiger partial charge < -0.3 is 10.6 Å². The molecule has 0 aliphatic heterocycles. The zero-order chi connectivity index (χ0) is 13.6. The average Bonchev–Trinajstić information content (AvgIpc) is 2.99. The lowest BCUT2D eigenvalue weighted by atomic mass is 9.84. The molecule has 0 aromatic heterocycles. The van der Waals surface area contributed by atoms with Crippen molar-refractivity contribution in [1.29, 1.82) is 0 Å². The van der Waals surface area contributed by atoms with Gasteiger partial charge in [-0.2, -0.15) is 0 Å². The molecular weight excluding hydrogens is 243 g/mol. The van der Waals surface area contributed by atoms with Crippen LogP contribution in [-0.4, -0.2) is 19.0 Å². The highest BCUT2D eigenvalue weighted by Gasteiger charge is 2.49. The molecule has 1 amide bonds. The molecule has 1 aromatic carbocycles. The Morgan fingerprint density at radius 1 is 1.26 bits per heavy atom. The minimum absolute atomic E-state index is 0.00542. The normalized spacial score (nSPS) is 32.6. The molecule has 2 aliphatic carbocycles. The van der Waals surface area contributed by atoms with E-state index in [-0.39, 0.29) is 23.7 Å². The van der Waals surface area contributed by atoms with Crippen molar-refractivity contribution in [3.05, 3.63) is 30.1 Å². The van der Waals surface area contributed by atoms with Gasteiger partial charge in [0.2, 0.25) is 5.91 Å². The zero-order valence-electron chi connectivity index (χ0n) is 11.1. The largest absolute Gasteiger partial charge is 0.327 e. The minimum Gasteiger partial charge on any atom is -0.327 e. The summed E-state index contributed by atoms with van der Waals surface area (Å²) in [6.45, 7) is 0. The van der Waals surface area contributed by atoms with E-state index in [0.29, 0.717) is 11.8 Å². The number of carbonyl (C=O) groups excluding carboxylic acids is 1. The van der Waals surface area contributed by atoms with Crippen LogP contribution < -0.4 is 10.6 Å². The molecule has 0 heterocycles. The van der Waals surface area contributed by atoms with Crippen molar-refractivity contribution in [3.8, 4) is 0 Å². The highest BCUT2D eigenvalue weighted by atomic mass is 19.1. The number of rotatable bonds is 2. The van der Waals surface area contributed by atoms with Crippen molar-refractivity contribution in [1.82, 2.24) is 0 Å². The maximum Gasteiger partial charge on any atom is 0.231 e. The van der Waals surface area contributed by atoms with Gasteiger partial charge in [-0.3, -0.25) is 4.79 Å². The third kappa shape index (κ3) is 2.04. The first kappa shape index (κ1) is 12.6. The van der Waals surface area contributed by atoms with Crippen LogP contribution in [0.5, 0.6) is 0 Å². The molecule has 2 aliphatic rings. The number of nitrogens with zero attached hydrogens (tertiary/aromatic N) is 1. The Balaban J connectivity index is 1.78. The van der Waals surface area contributed by atoms with Crippen LogP contribution in [-0.2, 0) is 4.79 Å². The summed E-state index contributed by atoms with van der Waals surface area (Å²) in [7, 11) is 1.74. The van der Waals surface area contributed by atoms with Gasteiger partial charge in [0, 0.05) is 18.8 Å². The lowest BCUT2D eigenvalue weighted by molar-refractivity contribution is -0.124. The first-order valence-electron chi connectivity index (χ1n) is 6.86. The molecule has 3 rings (SSSR count). The number of fused-ring (bicyclic) bond motifs is 2. The van der Waals surface area contributed by atoms with Gasteiger partial charge in [-0.25, -0.2) is 4.39 Å². The van der Waals surface area contributed by atoms with Gasteiger partial charge in [0.25, 0.3) is 0 Å². The van der Waals surface area contributed by atoms with E-state index in [0.717, 1.165) is 24.9 Å². The smallest absolute Gasteiger partial charge is 0.231 e. The maximum atomic E-state index is 12.9. The summed E-state index contributed by atoms with van der Waals surface area (Å²) in [5.41, 5.74) is 6.92. The Morgan fingerprint density at radius 3 is 2.47 bits per heavy atom. The Hall–Kier alpha value is -1.42. The first-order valence-corrected chi connectivity index (χ1v) is 6.86. The molecule has 19 heavy (non-hydrogen) atoms. The van der Waals surface area contributed by atoms with Gasteiger partial charge in [0.15, 0.2) is 0 Å². The van der Waals surface area contributed by atoms with Gasteiger partial charge in [0.1, 0.15) is 5.82 Å². The van der Waals surface area contributed by atoms with Crippen molar-refractivity contribution in [2.24, 2.45) is 23.5 Å². The van der Waals surface area contributed by atoms with Crippen LogP contribution in [0, 0.1) is 23.6 Å². The van der Waals surface area contributed by atoms with Crippen LogP contribution in [0.25, 0.3) is 0 Å². The van der Waals surface area contributed by atoms with Gasteiger partial charge in [-0.1, -0.05) is 0 Å². The number of amides is 1. The average molecular weight is 262 g/mol. The lowest BCUT2D eigenvalue weighted by Crippen LogP contribution is -2.46. The van der Waals surface area contributed by atoms with Crippen LogP contribution in [0.3, 0.4) is 0 Å². The SMILES string of the molecule is CN(C(=O)C1C2CCC(C2)C1N)c1ccc(F)cc1. The fourth-order valence-electron chi connectivity index (χ4n) is 3.72. The number of hydrogen-bond acceptors (Lipinski definition) is 2. The predicted molar refractivity (Wildman–Crippen MR) is 72.1 cm³/mol. The van der Waals surface area contributed by atoms with E-state index in [1.165, 1.54) is 12.1 Å². The topological polar surface area (TPSA) is 46.3 Å². The van der Waals surface area contributed by atoms with E-state index in [2.05, 4.69) is 0 Å². The molecule has 102 valence electrons. The molecule has 0 spiro atoms. The fraction of sp³-hybridized carbons (Fsp3) is 0.533. The number of hydrogen-bond donors (Lipinski definition) is 1. The van der Waals surface area contributed by atoms with E-state index in [4.69, 9.17) is 5.73 Å². The van der Waals surface area contributed by atoms with E-state index in [1.54, 1.807) is 24.1 Å². The first-order chi connectivity index (χ1) is 9.08. The fourth-order valence-corrected chi connectivity index (χ4v) is 3.72. The minimum atomic E-state index is -0.291. The predicted octanol–water partition coefficient (Wildman–Crippen LogP) is 2.16. The second-order valence-electron chi connectivity index (χ2n) is 5.81. The molecule has 2 saturated carbocycles. The summed E-state index contributed by atoms with van der Waals surface area (Å²) < 4.78 is 12.9. The molecule has 4 unspecified atom stereocenters. The number of carbonyl (C=O) groups is 1. The summed E-state index contributed by atoms with van der Waals surface area (Å²) in [4.78, 5) is 14.2. The standard InChI is InChI=1S/C15H19FN2O/c1-18(12-6-4-11(16)5-7-12)15(19)13-9-2-3-10(8-9)14(13)17/h4-7,9-10,13-14H,2-3,8,17H2,1H3. The maximum absolute atomic E-state index is 12.9. The van der Waals surface area contributed by atoms with Gasteiger partial charge in [0.05, 0.1) is 5.92 Å². The molecule has 0 saturated heterocycles. The Labute approximate surface area is 112 Å². The molecule has 4 atom stereocenters. The summed E-state index contributed by atoms with van der Waals surface area (Å²) in [5, 5.41) is 0. The van der Waals surface area contributed by atoms with Crippen molar-refractivity contribution in [2.45, 2.75) is 25.3 Å². The number of anilines is 1. The van der Waals surface area contributed by atoms with Gasteiger partial charge >= 0.3 is 0 Å². The van der Waals surface area contributed by atoms with E-state index >= 15 is 0 Å². The van der Waals surface area contributed by atoms with E-state index < -0.39 is 0 Å². The zero-order valence-corrected chi connectivity index (χ0v) is 11.1. The summed E-state index contributed by atoms with van der Waals surface area (Å²) in [6, 6.07) is 6.01. The second-order valence-corrected chi connectivity index (χ2v) is 5.81. The molecule has 2 N–H and O–H groups in total. The van der Waals surface area contributed by atoms with Crippen molar-refractivity contribution in [2.75, 3.05) is 11.9 Å². The summed E-state index contributed by atoms with van der Waals surface area (Å²) in [6.07, 6.45) is 3.37. The van der Waals surface area contributed by atoms with Crippen LogP contribution in [0.1, 0.15) is 19.3 Å². The van der Waals surface area contributed by atoms with Crippen LogP contribution in [0.2, 0.25) is 0 Å². The molecule has 1 aromatic rings. The Kier molecular flexibility index (Phi) is 3.05. The molecule has 2 fully saturated rings. The Morgan fingerprint density at radius 2 is 1.89 bits per heavy atom. The molecule has 0 radical (unpaired) electrons. The molecule has 4 heteroatoms. The van der Waals surface area contributed by atoms with Crippen LogP contribution in [0.4, 0.5) is 10.1 Å². The second kappa shape index (κ2) is 4.60. The monoisotopic (exact) mass is 262 g/mol. The summed E-state index contributed by atoms with van der Waals surface area (Å²) in [5.74, 6) is 0.678. The van der Waals surface area contributed by atoms with Gasteiger partial charge in [-0.05, 0) is 55.4 Å². The summed E-state index contributed by atoms with van der Waals surface area (Å²) >= 11 is 0. The quantitative estimate of drug-likeness (QED) is 0.887. The molecular formula is C15H19FN2O. The van der Waals surface area contributed by atoms with Crippen molar-refractivity contribution < 1.29 is 9.18 Å². The number of benzene rings is 1. The van der Waals surface area contributed by atoms with E-state index in [1.807, 2.05) is 0 Å².